The molecule has 0 saturated heterocycles. The number of ether oxygens (including phenoxy) is 1. The average molecular weight is 407 g/mol. The summed E-state index contributed by atoms with van der Waals surface area (Å²) >= 11 is 12.7. The van der Waals surface area contributed by atoms with Crippen molar-refractivity contribution in [2.24, 2.45) is 17.3 Å². The Balaban J connectivity index is 1.27. The highest BCUT2D eigenvalue weighted by Crippen LogP contribution is 2.64. The molecule has 1 aromatic heterocycles. The van der Waals surface area contributed by atoms with Crippen molar-refractivity contribution in [1.29, 1.82) is 0 Å². The van der Waals surface area contributed by atoms with Gasteiger partial charge in [0.2, 0.25) is 5.82 Å². The number of hydrogen-bond acceptors (Lipinski definition) is 5. The quantitative estimate of drug-likeness (QED) is 0.527. The first-order valence-corrected chi connectivity index (χ1v) is 10.1. The Morgan fingerprint density at radius 1 is 1.19 bits per heavy atom. The molecule has 0 amide bonds. The van der Waals surface area contributed by atoms with Gasteiger partial charge in [0.25, 0.3) is 5.89 Å². The minimum Gasteiger partial charge on any atom is -0.455 e. The smallest absolute Gasteiger partial charge is 0.312 e. The van der Waals surface area contributed by atoms with Crippen LogP contribution in [0.3, 0.4) is 0 Å². The molecule has 4 atom stereocenters. The summed E-state index contributed by atoms with van der Waals surface area (Å²) in [6.07, 6.45) is 5.81. The largest absolute Gasteiger partial charge is 0.455 e. The minimum atomic E-state index is -0.426. The van der Waals surface area contributed by atoms with E-state index in [2.05, 4.69) is 10.1 Å². The molecule has 1 heterocycles. The fourth-order valence-corrected chi connectivity index (χ4v) is 6.52. The molecule has 0 N–H and O–H groups in total. The van der Waals surface area contributed by atoms with Crippen LogP contribution in [-0.2, 0) is 16.1 Å². The Labute approximate surface area is 167 Å². The summed E-state index contributed by atoms with van der Waals surface area (Å²) in [7, 11) is 0. The molecule has 5 nitrogen and oxygen atoms in total. The lowest BCUT2D eigenvalue weighted by molar-refractivity contribution is -0.172. The normalized spacial score (nSPS) is 34.0. The van der Waals surface area contributed by atoms with Crippen LogP contribution >= 0.6 is 23.2 Å². The highest BCUT2D eigenvalue weighted by molar-refractivity contribution is 6.30. The van der Waals surface area contributed by atoms with Crippen molar-refractivity contribution < 1.29 is 14.1 Å². The van der Waals surface area contributed by atoms with Gasteiger partial charge in [0.15, 0.2) is 6.61 Å². The van der Waals surface area contributed by atoms with E-state index in [4.69, 9.17) is 32.5 Å². The molecule has 27 heavy (non-hydrogen) atoms. The molecule has 4 bridgehead atoms. The van der Waals surface area contributed by atoms with E-state index in [1.54, 1.807) is 12.1 Å². The van der Waals surface area contributed by atoms with Crippen molar-refractivity contribution in [3.05, 3.63) is 35.2 Å². The Morgan fingerprint density at radius 3 is 2.56 bits per heavy atom. The Hall–Kier alpha value is -1.59. The van der Waals surface area contributed by atoms with Crippen LogP contribution in [-0.4, -0.2) is 21.0 Å². The first kappa shape index (κ1) is 17.5. The second kappa shape index (κ2) is 6.21. The number of halogens is 2. The lowest BCUT2D eigenvalue weighted by Crippen LogP contribution is -2.56. The molecule has 2 unspecified atom stereocenters. The molecule has 6 rings (SSSR count). The zero-order chi connectivity index (χ0) is 18.6. The highest BCUT2D eigenvalue weighted by Gasteiger charge is 2.60. The van der Waals surface area contributed by atoms with Gasteiger partial charge in [0.1, 0.15) is 0 Å². The monoisotopic (exact) mass is 406 g/mol. The molecule has 0 radical (unpaired) electrons. The molecular formula is C20H20Cl2N2O3. The second-order valence-corrected chi connectivity index (χ2v) is 9.73. The molecule has 2 aromatic rings. The van der Waals surface area contributed by atoms with Crippen molar-refractivity contribution in [3.63, 3.8) is 0 Å². The fraction of sp³-hybridized carbons (Fsp3) is 0.550. The van der Waals surface area contributed by atoms with Crippen LogP contribution in [0.4, 0.5) is 0 Å². The van der Waals surface area contributed by atoms with E-state index >= 15 is 0 Å². The predicted molar refractivity (Wildman–Crippen MR) is 100 cm³/mol. The Bertz CT molecular complexity index is 866. The molecule has 0 aliphatic heterocycles. The number of hydrogen-bond donors (Lipinski definition) is 0. The number of rotatable bonds is 4. The van der Waals surface area contributed by atoms with Crippen LogP contribution in [0.2, 0.25) is 5.02 Å². The van der Waals surface area contributed by atoms with Gasteiger partial charge in [-0.25, -0.2) is 0 Å². The van der Waals surface area contributed by atoms with Crippen molar-refractivity contribution >= 4 is 29.2 Å². The number of esters is 1. The van der Waals surface area contributed by atoms with Gasteiger partial charge >= 0.3 is 5.97 Å². The summed E-state index contributed by atoms with van der Waals surface area (Å²) in [5, 5.41) is 4.60. The molecule has 4 aliphatic carbocycles. The maximum atomic E-state index is 12.9. The molecular weight excluding hydrogens is 387 g/mol. The number of aromatic nitrogens is 2. The lowest BCUT2D eigenvalue weighted by atomic mass is 9.49. The van der Waals surface area contributed by atoms with Gasteiger partial charge in [-0.15, -0.1) is 11.6 Å². The first-order chi connectivity index (χ1) is 12.9. The molecule has 4 saturated carbocycles. The predicted octanol–water partition coefficient (Wildman–Crippen LogP) is 5.01. The Kier molecular flexibility index (Phi) is 4.03. The van der Waals surface area contributed by atoms with Crippen molar-refractivity contribution in [2.75, 3.05) is 0 Å². The second-order valence-electron chi connectivity index (χ2n) is 8.49. The number of nitrogens with zero attached hydrogens (tertiary/aromatic N) is 2. The van der Waals surface area contributed by atoms with E-state index in [9.17, 15) is 4.79 Å². The standard InChI is InChI=1S/C20H20Cl2N2O3/c21-15-3-1-14(2-4-15)17-23-16(27-24-17)10-26-18(25)19-6-12-5-13(7-19)9-20(22,8-12)11-19/h1-4,12-13H,5-11H2/t12-,13+,19?,20?. The summed E-state index contributed by atoms with van der Waals surface area (Å²) in [5.74, 6) is 1.69. The molecule has 0 spiro atoms. The average Bonchev–Trinajstić information content (AvgIpc) is 3.07. The van der Waals surface area contributed by atoms with Gasteiger partial charge in [0, 0.05) is 15.5 Å². The van der Waals surface area contributed by atoms with Crippen LogP contribution in [0.15, 0.2) is 28.8 Å². The minimum absolute atomic E-state index is 0.00814. The first-order valence-electron chi connectivity index (χ1n) is 9.38. The number of benzene rings is 1. The van der Waals surface area contributed by atoms with E-state index in [1.165, 1.54) is 6.42 Å². The number of carbonyl (C=O) groups excluding carboxylic acids is 1. The van der Waals surface area contributed by atoms with Gasteiger partial charge < -0.3 is 9.26 Å². The van der Waals surface area contributed by atoms with E-state index in [-0.39, 0.29) is 17.5 Å². The molecule has 7 heteroatoms. The summed E-state index contributed by atoms with van der Waals surface area (Å²) < 4.78 is 10.9. The zero-order valence-electron chi connectivity index (χ0n) is 14.8. The Morgan fingerprint density at radius 2 is 1.89 bits per heavy atom. The fourth-order valence-electron chi connectivity index (χ4n) is 5.70. The summed E-state index contributed by atoms with van der Waals surface area (Å²) in [5.41, 5.74) is 0.371. The molecule has 4 fully saturated rings. The van der Waals surface area contributed by atoms with Crippen LogP contribution in [0.1, 0.15) is 44.4 Å². The molecule has 1 aromatic carbocycles. The summed E-state index contributed by atoms with van der Waals surface area (Å²) in [4.78, 5) is 17.0. The summed E-state index contributed by atoms with van der Waals surface area (Å²) in [6.45, 7) is -0.00814. The maximum absolute atomic E-state index is 12.9. The number of alkyl halides is 1. The van der Waals surface area contributed by atoms with Gasteiger partial charge in [-0.3, -0.25) is 4.79 Å². The third-order valence-electron chi connectivity index (χ3n) is 6.32. The zero-order valence-corrected chi connectivity index (χ0v) is 16.3. The third-order valence-corrected chi connectivity index (χ3v) is 7.01. The van der Waals surface area contributed by atoms with E-state index in [0.29, 0.717) is 28.6 Å². The van der Waals surface area contributed by atoms with E-state index in [1.807, 2.05) is 12.1 Å². The molecule has 142 valence electrons. The van der Waals surface area contributed by atoms with Gasteiger partial charge in [0.05, 0.1) is 5.41 Å². The molecule has 4 aliphatic rings. The highest BCUT2D eigenvalue weighted by atomic mass is 35.5. The van der Waals surface area contributed by atoms with Crippen LogP contribution in [0.5, 0.6) is 0 Å². The lowest BCUT2D eigenvalue weighted by Gasteiger charge is -2.58. The third kappa shape index (κ3) is 3.15. The van der Waals surface area contributed by atoms with Crippen LogP contribution in [0.25, 0.3) is 11.4 Å². The van der Waals surface area contributed by atoms with Gasteiger partial charge in [-0.2, -0.15) is 4.98 Å². The van der Waals surface area contributed by atoms with Crippen LogP contribution < -0.4 is 0 Å². The van der Waals surface area contributed by atoms with Crippen molar-refractivity contribution in [1.82, 2.24) is 10.1 Å². The van der Waals surface area contributed by atoms with Gasteiger partial charge in [-0.1, -0.05) is 16.8 Å². The van der Waals surface area contributed by atoms with E-state index < -0.39 is 5.41 Å². The van der Waals surface area contributed by atoms with Crippen molar-refractivity contribution in [2.45, 2.75) is 50.0 Å². The van der Waals surface area contributed by atoms with E-state index in [0.717, 1.165) is 37.7 Å². The van der Waals surface area contributed by atoms with Crippen LogP contribution in [0, 0.1) is 17.3 Å². The SMILES string of the molecule is O=C(OCc1nc(-c2ccc(Cl)cc2)no1)C12C[C@@H]3C[C@@H](CC(Cl)(C3)C1)C2. The topological polar surface area (TPSA) is 65.2 Å². The number of carbonyl (C=O) groups is 1. The maximum Gasteiger partial charge on any atom is 0.312 e. The summed E-state index contributed by atoms with van der Waals surface area (Å²) in [6, 6.07) is 7.17. The van der Waals surface area contributed by atoms with Gasteiger partial charge in [-0.05, 0) is 74.6 Å². The van der Waals surface area contributed by atoms with Crippen molar-refractivity contribution in [3.8, 4) is 11.4 Å².